The molecule has 6 N–H and O–H groups in total. The molecule has 0 unspecified atom stereocenters. The number of rotatable bonds is 24. The van der Waals surface area contributed by atoms with Gasteiger partial charge < -0.3 is 44.3 Å². The van der Waals surface area contributed by atoms with E-state index in [-0.39, 0.29) is 0 Å². The summed E-state index contributed by atoms with van der Waals surface area (Å²) in [4.78, 5) is 6.29. The molecule has 4 aromatic heterocycles. The highest BCUT2D eigenvalue weighted by atomic mass is 79.9. The van der Waals surface area contributed by atoms with Crippen molar-refractivity contribution in [3.05, 3.63) is 299 Å². The molecule has 16 rings (SSSR count). The van der Waals surface area contributed by atoms with E-state index in [4.69, 9.17) is 34.8 Å². The van der Waals surface area contributed by atoms with Crippen molar-refractivity contribution in [3.63, 3.8) is 0 Å². The van der Waals surface area contributed by atoms with E-state index in [1.807, 2.05) is 96.1 Å². The number of hydrogen-bond acceptors (Lipinski definition) is 27. The summed E-state index contributed by atoms with van der Waals surface area (Å²) in [5.74, 6) is -4.51. The molecule has 3 aliphatic heterocycles. The van der Waals surface area contributed by atoms with Crippen molar-refractivity contribution in [1.82, 2.24) is 16.0 Å². The van der Waals surface area contributed by atoms with Crippen molar-refractivity contribution >= 4 is 273 Å². The largest absolute Gasteiger partial charge is 0.747 e. The van der Waals surface area contributed by atoms with Crippen molar-refractivity contribution < 1.29 is 96.1 Å². The summed E-state index contributed by atoms with van der Waals surface area (Å²) in [6.45, 7) is 44.1. The molecular formula is C95H114Br2Cl3N10O18S12+. The van der Waals surface area contributed by atoms with Crippen molar-refractivity contribution in [2.45, 2.75) is 122 Å². The number of nitrogens with zero attached hydrogens (tertiary/aromatic N) is 7. The SMILES string of the molecule is C=C.C=C.CC.CC.CC.CCNCC.CCNCC.CCNCC.O=S(=O)([O-])CN1C(=Cc2sc3ccc4ccccc4c3[n+]2CS(=O)(=O)O)Sc2ccc(Cl)cc21.O=S(=O)([O-])C[n+]1c(C=C2Sc3ccc(Br)cc3N2CS(=O)(=O)O)sc2ccc(Br)cc21.O=S(=O)([O-])C[n+]1c(C=C2Sc3ccc(Cl)cc3N2CS(=O)(=O)O)sc2ccc(Cl)cc21.c1ccc(C[n+]2ccc(-c3ccccc3)cc2)cc1. The maximum atomic E-state index is 11.9. The van der Waals surface area contributed by atoms with Crippen molar-refractivity contribution in [3.8, 4) is 11.1 Å². The Morgan fingerprint density at radius 1 is 0.386 bits per heavy atom. The molecule has 0 radical (unpaired) electrons. The average molecular weight is 2330 g/mol. The van der Waals surface area contributed by atoms with Crippen LogP contribution in [0.1, 0.15) is 104 Å². The Morgan fingerprint density at radius 3 is 1.16 bits per heavy atom. The van der Waals surface area contributed by atoms with Gasteiger partial charge in [0.1, 0.15) is 30.1 Å². The first-order valence-electron chi connectivity index (χ1n) is 43.3. The van der Waals surface area contributed by atoms with Crippen LogP contribution < -0.4 is 48.9 Å². The number of aromatic nitrogens is 4. The van der Waals surface area contributed by atoms with Crippen LogP contribution in [0.2, 0.25) is 15.1 Å². The molecule has 140 heavy (non-hydrogen) atoms. The predicted molar refractivity (Wildman–Crippen MR) is 587 cm³/mol. The van der Waals surface area contributed by atoms with Crippen LogP contribution >= 0.6 is 136 Å². The molecular weight excluding hydrogens is 2220 g/mol. The first-order valence-corrected chi connectivity index (χ1v) is 60.5. The Kier molecular flexibility index (Phi) is 52.4. The zero-order chi connectivity index (χ0) is 105. The van der Waals surface area contributed by atoms with Gasteiger partial charge in [-0.05, 0) is 147 Å². The van der Waals surface area contributed by atoms with Crippen LogP contribution in [0.15, 0.2) is 278 Å². The van der Waals surface area contributed by atoms with Crippen LogP contribution in [-0.4, -0.2) is 135 Å². The van der Waals surface area contributed by atoms with Gasteiger partial charge in [-0.3, -0.25) is 13.7 Å². The molecule has 0 saturated heterocycles. The van der Waals surface area contributed by atoms with Crippen LogP contribution in [0.5, 0.6) is 0 Å². The lowest BCUT2D eigenvalue weighted by atomic mass is 10.1. The predicted octanol–water partition coefficient (Wildman–Crippen LogP) is 22.2. The quantitative estimate of drug-likeness (QED) is 0.0186. The number of pyridine rings is 1. The summed E-state index contributed by atoms with van der Waals surface area (Å²) >= 11 is 32.4. The summed E-state index contributed by atoms with van der Waals surface area (Å²) in [6, 6.07) is 61.9. The van der Waals surface area contributed by atoms with Gasteiger partial charge in [0.25, 0.3) is 41.1 Å². The minimum atomic E-state index is -4.64. The van der Waals surface area contributed by atoms with E-state index in [1.54, 1.807) is 103 Å². The number of anilines is 3. The van der Waals surface area contributed by atoms with E-state index in [0.29, 0.717) is 93.3 Å². The standard InChI is InChI=1S/C21H15ClN2O6S4.C18H16N.C17H12Br2N2O6S4.C17H12Cl2N2O6S4.3C4H11N.3C2H6.2C2H4/c22-14-6-8-17-16(9-14)23(11-33(25,26)27)19(31-17)10-20-24(12-34(28,29)30)21-15-4-2-1-3-13(15)5-7-18(21)32-20;1-3-7-16(8-4-1)15-19-13-11-18(12-14-19)17-9-5-2-6-10-17;2*18-10-1-3-14-12(5-10)20(8-30(22,23)24)16(28-14)7-17-21(9-31(25,26)27)13-6-11(19)2-4-15(13)29-17;3*1-3-5-4-2;5*1-2/h1-10H,11-12H2,(H-,25,26,27,28,29,30);1-14H,15H2;2*1-7H,8-9H2,(H-,22,23,24,25,26,27);3*5H,3-4H2,1-2H3;3*1-2H3;2*1-2H2/q;+1;;;;;;;;;;. The fraction of sp³-hybridized carbons (Fsp3) is 0.263. The zero-order valence-corrected chi connectivity index (χ0v) is 94.1. The number of benzene rings is 9. The molecule has 7 heterocycles. The van der Waals surface area contributed by atoms with Gasteiger partial charge in [-0.2, -0.15) is 39.0 Å². The van der Waals surface area contributed by atoms with Crippen LogP contribution in [0, 0.1) is 0 Å². The Hall–Kier alpha value is -7.62. The molecule has 45 heteroatoms. The average Bonchev–Trinajstić information content (AvgIpc) is 1.60. The van der Waals surface area contributed by atoms with Gasteiger partial charge in [0.2, 0.25) is 28.3 Å². The third-order valence-corrected chi connectivity index (χ3v) is 30.1. The van der Waals surface area contributed by atoms with E-state index in [1.165, 1.54) is 114 Å². The number of hydrogen-bond donors (Lipinski definition) is 6. The van der Waals surface area contributed by atoms with Gasteiger partial charge in [-0.1, -0.05) is 304 Å². The highest BCUT2D eigenvalue weighted by molar-refractivity contribution is 9.10. The molecule has 0 amide bonds. The molecule has 3 aliphatic rings. The second-order valence-electron chi connectivity index (χ2n) is 28.0. The third kappa shape index (κ3) is 39.4. The topological polar surface area (TPSA) is 396 Å². The zero-order valence-electron chi connectivity index (χ0n) is 78.8. The lowest BCUT2D eigenvalue weighted by molar-refractivity contribution is -0.688. The summed E-state index contributed by atoms with van der Waals surface area (Å²) < 4.78 is 213. The van der Waals surface area contributed by atoms with Gasteiger partial charge in [0.15, 0.2) is 50.9 Å². The number of thiazole rings is 3. The Balaban J connectivity index is 0.000000307. The number of thioether (sulfide) groups is 3. The fourth-order valence-electron chi connectivity index (χ4n) is 12.9. The van der Waals surface area contributed by atoms with E-state index >= 15 is 0 Å². The second-order valence-corrected chi connectivity index (χ2v) is 45.9. The minimum absolute atomic E-state index is 0.367. The van der Waals surface area contributed by atoms with Gasteiger partial charge in [-0.25, -0.2) is 29.8 Å². The van der Waals surface area contributed by atoms with E-state index in [0.717, 1.165) is 79.8 Å². The molecule has 28 nitrogen and oxygen atoms in total. The van der Waals surface area contributed by atoms with Gasteiger partial charge in [0.05, 0.1) is 55.8 Å². The Labute approximate surface area is 879 Å². The van der Waals surface area contributed by atoms with Crippen LogP contribution in [0.25, 0.3) is 70.8 Å². The first-order chi connectivity index (χ1) is 66.4. The number of halogens is 5. The highest BCUT2D eigenvalue weighted by Gasteiger charge is 2.36. The smallest absolute Gasteiger partial charge is 0.326 e. The van der Waals surface area contributed by atoms with E-state index < -0.39 is 96.0 Å². The fourth-order valence-corrected chi connectivity index (χ4v) is 24.9. The second kappa shape index (κ2) is 59.7. The first kappa shape index (κ1) is 123. The van der Waals surface area contributed by atoms with Crippen molar-refractivity contribution in [2.75, 3.05) is 71.6 Å². The lowest BCUT2D eigenvalue weighted by Gasteiger charge is -2.21. The number of nitrogens with one attached hydrogen (secondary N) is 3. The molecule has 0 aliphatic carbocycles. The third-order valence-electron chi connectivity index (χ3n) is 18.3. The van der Waals surface area contributed by atoms with Crippen LogP contribution in [-0.2, 0) is 84.9 Å². The molecule has 0 saturated carbocycles. The van der Waals surface area contributed by atoms with Crippen molar-refractivity contribution in [2.24, 2.45) is 0 Å². The molecule has 0 spiro atoms. The van der Waals surface area contributed by atoms with E-state index in [2.05, 4.69) is 193 Å². The normalized spacial score (nSPS) is 13.2. The summed E-state index contributed by atoms with van der Waals surface area (Å²) in [5.41, 5.74) is 6.99. The minimum Gasteiger partial charge on any atom is -0.747 e. The monoisotopic (exact) mass is 2330 g/mol. The summed E-state index contributed by atoms with van der Waals surface area (Å²) in [6.07, 6.45) is 9.07. The van der Waals surface area contributed by atoms with Gasteiger partial charge in [-0.15, -0.1) is 26.3 Å². The molecule has 758 valence electrons. The molecule has 0 atom stereocenters. The van der Waals surface area contributed by atoms with E-state index in [9.17, 15) is 77.8 Å². The Bertz CT molecular complexity index is 6860. The van der Waals surface area contributed by atoms with Gasteiger partial charge >= 0.3 is 10.1 Å². The lowest BCUT2D eigenvalue weighted by Crippen LogP contribution is -2.39. The Morgan fingerprint density at radius 2 is 0.736 bits per heavy atom. The van der Waals surface area contributed by atoms with Crippen LogP contribution in [0.3, 0.4) is 0 Å². The van der Waals surface area contributed by atoms with Gasteiger partial charge in [0, 0.05) is 68.5 Å². The number of fused-ring (bicyclic) bond motifs is 8. The summed E-state index contributed by atoms with van der Waals surface area (Å²) in [7, 11) is -27.0. The molecule has 0 bridgehead atoms. The van der Waals surface area contributed by atoms with Crippen molar-refractivity contribution in [1.29, 1.82) is 0 Å². The van der Waals surface area contributed by atoms with Crippen LogP contribution in [0.4, 0.5) is 17.1 Å². The molecule has 13 aromatic rings. The maximum Gasteiger partial charge on any atom is 0.326 e. The maximum absolute atomic E-state index is 11.9. The summed E-state index contributed by atoms with van der Waals surface area (Å²) in [5, 5.41) is 14.7. The highest BCUT2D eigenvalue weighted by Crippen LogP contribution is 2.51. The molecule has 0 fully saturated rings. The molecule has 9 aromatic carbocycles.